The van der Waals surface area contributed by atoms with Gasteiger partial charge in [-0.2, -0.15) is 0 Å². The maximum absolute atomic E-state index is 12.1. The Morgan fingerprint density at radius 3 is 2.65 bits per heavy atom. The third-order valence-electron chi connectivity index (χ3n) is 2.41. The number of methoxy groups -OCH3 is 1. The number of aryl methyl sites for hydroxylation is 1. The number of furan rings is 1. The number of benzene rings is 1. The van der Waals surface area contributed by atoms with E-state index in [0.717, 1.165) is 0 Å². The highest BCUT2D eigenvalue weighted by Gasteiger charge is 2.15. The summed E-state index contributed by atoms with van der Waals surface area (Å²) in [5.41, 5.74) is 0.933. The van der Waals surface area contributed by atoms with E-state index in [9.17, 15) is 4.79 Å². The number of carbonyl (C=O) groups is 1. The smallest absolute Gasteiger partial charge is 0.197 e. The molecule has 0 fully saturated rings. The highest BCUT2D eigenvalue weighted by Crippen LogP contribution is 2.25. The molecule has 0 saturated carbocycles. The van der Waals surface area contributed by atoms with Crippen molar-refractivity contribution in [2.45, 2.75) is 6.92 Å². The monoisotopic (exact) mass is 250 g/mol. The minimum atomic E-state index is -0.158. The topological polar surface area (TPSA) is 39.4 Å². The van der Waals surface area contributed by atoms with Crippen LogP contribution in [0.4, 0.5) is 0 Å². The summed E-state index contributed by atoms with van der Waals surface area (Å²) >= 11 is 6.03. The number of rotatable bonds is 3. The fourth-order valence-electron chi connectivity index (χ4n) is 1.52. The molecule has 4 heteroatoms. The van der Waals surface area contributed by atoms with Crippen LogP contribution < -0.4 is 4.74 Å². The van der Waals surface area contributed by atoms with Crippen LogP contribution in [-0.2, 0) is 0 Å². The van der Waals surface area contributed by atoms with Gasteiger partial charge in [0.25, 0.3) is 0 Å². The fraction of sp³-hybridized carbons (Fsp3) is 0.154. The molecule has 0 aliphatic rings. The summed E-state index contributed by atoms with van der Waals surface area (Å²) in [7, 11) is 1.55. The molecular weight excluding hydrogens is 240 g/mol. The molecule has 2 aromatic rings. The molecule has 0 radical (unpaired) electrons. The third-order valence-corrected chi connectivity index (χ3v) is 2.73. The molecule has 0 unspecified atom stereocenters. The predicted octanol–water partition coefficient (Wildman–Crippen LogP) is 3.48. The van der Waals surface area contributed by atoms with Crippen LogP contribution in [0.5, 0.6) is 5.75 Å². The van der Waals surface area contributed by atoms with Gasteiger partial charge < -0.3 is 9.15 Å². The summed E-state index contributed by atoms with van der Waals surface area (Å²) in [6, 6.07) is 6.64. The van der Waals surface area contributed by atoms with E-state index in [2.05, 4.69) is 0 Å². The molecule has 0 atom stereocenters. The first-order valence-electron chi connectivity index (χ1n) is 5.05. The first-order chi connectivity index (χ1) is 8.11. The number of ether oxygens (including phenoxy) is 1. The van der Waals surface area contributed by atoms with Crippen LogP contribution in [-0.4, -0.2) is 12.9 Å². The Labute approximate surface area is 104 Å². The van der Waals surface area contributed by atoms with Gasteiger partial charge in [-0.3, -0.25) is 4.79 Å². The molecule has 0 aliphatic carbocycles. The predicted molar refractivity (Wildman–Crippen MR) is 64.9 cm³/mol. The van der Waals surface area contributed by atoms with Crippen LogP contribution >= 0.6 is 11.6 Å². The zero-order valence-electron chi connectivity index (χ0n) is 9.49. The van der Waals surface area contributed by atoms with E-state index in [0.29, 0.717) is 27.7 Å². The third kappa shape index (κ3) is 2.34. The van der Waals surface area contributed by atoms with Crippen molar-refractivity contribution < 1.29 is 13.9 Å². The first kappa shape index (κ1) is 11.7. The average molecular weight is 251 g/mol. The maximum atomic E-state index is 12.1. The minimum absolute atomic E-state index is 0.158. The second kappa shape index (κ2) is 4.63. The Morgan fingerprint density at radius 1 is 1.35 bits per heavy atom. The molecule has 17 heavy (non-hydrogen) atoms. The molecule has 0 N–H and O–H groups in total. The van der Waals surface area contributed by atoms with Crippen molar-refractivity contribution in [2.24, 2.45) is 0 Å². The fourth-order valence-corrected chi connectivity index (χ4v) is 1.78. The molecule has 0 spiro atoms. The summed E-state index contributed by atoms with van der Waals surface area (Å²) in [4.78, 5) is 12.1. The van der Waals surface area contributed by atoms with Crippen molar-refractivity contribution >= 4 is 17.4 Å². The number of carbonyl (C=O) groups excluding carboxylic acids is 1. The highest BCUT2D eigenvalue weighted by molar-refractivity contribution is 6.35. The van der Waals surface area contributed by atoms with E-state index in [1.54, 1.807) is 38.3 Å². The van der Waals surface area contributed by atoms with Crippen molar-refractivity contribution in [1.82, 2.24) is 0 Å². The average Bonchev–Trinajstić information content (AvgIpc) is 2.75. The molecule has 1 aromatic carbocycles. The standard InChI is InChI=1S/C13H11ClO3/c1-8-5-9(7-17-8)13(15)11-4-3-10(16-2)6-12(11)14/h3-7H,1-2H3. The number of hydrogen-bond acceptors (Lipinski definition) is 3. The van der Waals surface area contributed by atoms with Crippen LogP contribution in [0.3, 0.4) is 0 Å². The van der Waals surface area contributed by atoms with E-state index in [1.165, 1.54) is 6.26 Å². The molecule has 2 rings (SSSR count). The van der Waals surface area contributed by atoms with Crippen molar-refractivity contribution in [3.8, 4) is 5.75 Å². The lowest BCUT2D eigenvalue weighted by molar-refractivity contribution is 0.103. The zero-order valence-corrected chi connectivity index (χ0v) is 10.2. The highest BCUT2D eigenvalue weighted by atomic mass is 35.5. The molecular formula is C13H11ClO3. The Balaban J connectivity index is 2.37. The van der Waals surface area contributed by atoms with Gasteiger partial charge in [0, 0.05) is 5.56 Å². The lowest BCUT2D eigenvalue weighted by Gasteiger charge is -2.04. The number of hydrogen-bond donors (Lipinski definition) is 0. The molecule has 0 amide bonds. The molecule has 1 aromatic heterocycles. The van der Waals surface area contributed by atoms with E-state index in [-0.39, 0.29) is 5.78 Å². The molecule has 1 heterocycles. The second-order valence-corrected chi connectivity index (χ2v) is 4.03. The molecule has 0 bridgehead atoms. The lowest BCUT2D eigenvalue weighted by atomic mass is 10.1. The largest absolute Gasteiger partial charge is 0.497 e. The van der Waals surface area contributed by atoms with E-state index in [4.69, 9.17) is 20.8 Å². The number of halogens is 1. The van der Waals surface area contributed by atoms with Crippen LogP contribution in [0.2, 0.25) is 5.02 Å². The van der Waals surface area contributed by atoms with Crippen LogP contribution in [0, 0.1) is 6.92 Å². The Hall–Kier alpha value is -1.74. The van der Waals surface area contributed by atoms with Crippen LogP contribution in [0.15, 0.2) is 34.9 Å². The summed E-state index contributed by atoms with van der Waals surface area (Å²) in [6.07, 6.45) is 1.43. The van der Waals surface area contributed by atoms with E-state index < -0.39 is 0 Å². The molecule has 88 valence electrons. The summed E-state index contributed by atoms with van der Waals surface area (Å²) < 4.78 is 10.1. The van der Waals surface area contributed by atoms with Crippen molar-refractivity contribution in [3.63, 3.8) is 0 Å². The molecule has 3 nitrogen and oxygen atoms in total. The van der Waals surface area contributed by atoms with Crippen LogP contribution in [0.25, 0.3) is 0 Å². The Kier molecular flexibility index (Phi) is 3.20. The van der Waals surface area contributed by atoms with E-state index >= 15 is 0 Å². The van der Waals surface area contributed by atoms with E-state index in [1.807, 2.05) is 0 Å². The van der Waals surface area contributed by atoms with Crippen molar-refractivity contribution in [1.29, 1.82) is 0 Å². The van der Waals surface area contributed by atoms with Gasteiger partial charge in [-0.25, -0.2) is 0 Å². The first-order valence-corrected chi connectivity index (χ1v) is 5.43. The Bertz CT molecular complexity index is 558. The summed E-state index contributed by atoms with van der Waals surface area (Å²) in [6.45, 7) is 1.78. The van der Waals surface area contributed by atoms with Gasteiger partial charge in [0.15, 0.2) is 5.78 Å². The van der Waals surface area contributed by atoms with Gasteiger partial charge in [-0.1, -0.05) is 11.6 Å². The molecule has 0 saturated heterocycles. The second-order valence-electron chi connectivity index (χ2n) is 3.62. The summed E-state index contributed by atoms with van der Waals surface area (Å²) in [5.74, 6) is 1.16. The SMILES string of the molecule is COc1ccc(C(=O)c2coc(C)c2)c(Cl)c1. The minimum Gasteiger partial charge on any atom is -0.497 e. The quantitative estimate of drug-likeness (QED) is 0.783. The number of ketones is 1. The van der Waals surface area contributed by atoms with Crippen molar-refractivity contribution in [2.75, 3.05) is 7.11 Å². The van der Waals surface area contributed by atoms with Crippen molar-refractivity contribution in [3.05, 3.63) is 52.4 Å². The van der Waals surface area contributed by atoms with Gasteiger partial charge in [-0.05, 0) is 31.2 Å². The van der Waals surface area contributed by atoms with Gasteiger partial charge in [0.1, 0.15) is 17.8 Å². The van der Waals surface area contributed by atoms with Gasteiger partial charge in [-0.15, -0.1) is 0 Å². The normalized spacial score (nSPS) is 10.3. The van der Waals surface area contributed by atoms with Gasteiger partial charge in [0.05, 0.1) is 17.7 Å². The molecule has 0 aliphatic heterocycles. The van der Waals surface area contributed by atoms with Crippen LogP contribution in [0.1, 0.15) is 21.7 Å². The lowest BCUT2D eigenvalue weighted by Crippen LogP contribution is -2.00. The maximum Gasteiger partial charge on any atom is 0.197 e. The summed E-state index contributed by atoms with van der Waals surface area (Å²) in [5, 5.41) is 0.369. The van der Waals surface area contributed by atoms with Gasteiger partial charge in [0.2, 0.25) is 0 Å². The Morgan fingerprint density at radius 2 is 2.12 bits per heavy atom. The van der Waals surface area contributed by atoms with Gasteiger partial charge >= 0.3 is 0 Å². The zero-order chi connectivity index (χ0) is 12.4.